The van der Waals surface area contributed by atoms with E-state index in [-0.39, 0.29) is 17.7 Å². The Bertz CT molecular complexity index is 810. The molecule has 7 nitrogen and oxygen atoms in total. The normalized spacial score (nSPS) is 16.4. The Hall–Kier alpha value is -2.48. The average molecular weight is 388 g/mol. The summed E-state index contributed by atoms with van der Waals surface area (Å²) in [4.78, 5) is 23.3. The molecule has 8 heteroatoms. The van der Waals surface area contributed by atoms with Crippen LogP contribution in [0.3, 0.4) is 0 Å². The molecule has 1 amide bonds. The molecule has 0 bridgehead atoms. The van der Waals surface area contributed by atoms with Crippen LogP contribution in [0.1, 0.15) is 30.1 Å². The smallest absolute Gasteiger partial charge is 0.233 e. The number of nitrogens with zero attached hydrogens (tertiary/aromatic N) is 3. The SMILES string of the molecule is COc1ccc(OC)c([C@@H]2CCCN2C(=O)CSc2nc(C)cc(N)n2)c1. The van der Waals surface area contributed by atoms with Crippen molar-refractivity contribution in [2.75, 3.05) is 32.3 Å². The van der Waals surface area contributed by atoms with Gasteiger partial charge in [0.05, 0.1) is 26.0 Å². The number of hydrogen-bond acceptors (Lipinski definition) is 7. The van der Waals surface area contributed by atoms with Crippen molar-refractivity contribution in [1.29, 1.82) is 0 Å². The zero-order valence-corrected chi connectivity index (χ0v) is 16.6. The van der Waals surface area contributed by atoms with Gasteiger partial charge in [0.15, 0.2) is 5.16 Å². The Morgan fingerprint density at radius 2 is 2.11 bits per heavy atom. The molecule has 2 N–H and O–H groups in total. The van der Waals surface area contributed by atoms with Crippen LogP contribution in [0.15, 0.2) is 29.4 Å². The fraction of sp³-hybridized carbons (Fsp3) is 0.421. The molecule has 0 saturated carbocycles. The van der Waals surface area contributed by atoms with Crippen molar-refractivity contribution >= 4 is 23.5 Å². The van der Waals surface area contributed by atoms with Gasteiger partial charge in [-0.25, -0.2) is 9.97 Å². The number of ether oxygens (including phenoxy) is 2. The maximum atomic E-state index is 12.9. The maximum absolute atomic E-state index is 12.9. The van der Waals surface area contributed by atoms with Gasteiger partial charge in [-0.2, -0.15) is 0 Å². The van der Waals surface area contributed by atoms with Gasteiger partial charge in [0.1, 0.15) is 17.3 Å². The van der Waals surface area contributed by atoms with Gasteiger partial charge >= 0.3 is 0 Å². The third-order valence-electron chi connectivity index (χ3n) is 4.55. The molecule has 1 fully saturated rings. The standard InChI is InChI=1S/C19H24N4O3S/c1-12-9-17(20)22-19(21-12)27-11-18(24)23-8-4-5-15(23)14-10-13(25-2)6-7-16(14)26-3/h6-7,9-10,15H,4-5,8,11H2,1-3H3,(H2,20,21,22)/t15-/m0/s1. The van der Waals surface area contributed by atoms with E-state index in [2.05, 4.69) is 9.97 Å². The zero-order chi connectivity index (χ0) is 19.4. The first kappa shape index (κ1) is 19.3. The summed E-state index contributed by atoms with van der Waals surface area (Å²) in [6.07, 6.45) is 1.85. The van der Waals surface area contributed by atoms with Crippen molar-refractivity contribution in [3.05, 3.63) is 35.5 Å². The molecule has 1 aliphatic rings. The lowest BCUT2D eigenvalue weighted by Crippen LogP contribution is -2.32. The quantitative estimate of drug-likeness (QED) is 0.601. The number of aromatic nitrogens is 2. The van der Waals surface area contributed by atoms with Gasteiger partial charge in [-0.05, 0) is 38.0 Å². The van der Waals surface area contributed by atoms with E-state index in [1.54, 1.807) is 20.3 Å². The van der Waals surface area contributed by atoms with Crippen molar-refractivity contribution in [3.63, 3.8) is 0 Å². The second-order valence-electron chi connectivity index (χ2n) is 6.36. The summed E-state index contributed by atoms with van der Waals surface area (Å²) in [5, 5.41) is 0.524. The van der Waals surface area contributed by atoms with Gasteiger partial charge in [0.2, 0.25) is 5.91 Å². The van der Waals surface area contributed by atoms with Crippen molar-refractivity contribution in [1.82, 2.24) is 14.9 Å². The molecule has 144 valence electrons. The Morgan fingerprint density at radius 3 is 2.81 bits per heavy atom. The minimum absolute atomic E-state index is 0.0216. The van der Waals surface area contributed by atoms with Crippen LogP contribution in [0.25, 0.3) is 0 Å². The number of nitrogens with two attached hydrogens (primary N) is 1. The molecule has 27 heavy (non-hydrogen) atoms. The Kier molecular flexibility index (Phi) is 6.05. The van der Waals surface area contributed by atoms with Crippen LogP contribution in [0.5, 0.6) is 11.5 Å². The Labute approximate surface area is 163 Å². The van der Waals surface area contributed by atoms with Gasteiger partial charge < -0.3 is 20.1 Å². The van der Waals surface area contributed by atoms with E-state index in [1.807, 2.05) is 30.0 Å². The number of carbonyl (C=O) groups is 1. The summed E-state index contributed by atoms with van der Waals surface area (Å²) in [5.74, 6) is 2.26. The number of rotatable bonds is 6. The highest BCUT2D eigenvalue weighted by molar-refractivity contribution is 7.99. The summed E-state index contributed by atoms with van der Waals surface area (Å²) >= 11 is 1.31. The average Bonchev–Trinajstić information content (AvgIpc) is 3.14. The molecule has 0 unspecified atom stereocenters. The van der Waals surface area contributed by atoms with Crippen LogP contribution < -0.4 is 15.2 Å². The molecule has 1 saturated heterocycles. The first-order chi connectivity index (χ1) is 13.0. The van der Waals surface area contributed by atoms with Crippen LogP contribution in [0.2, 0.25) is 0 Å². The molecular formula is C19H24N4O3S. The highest BCUT2D eigenvalue weighted by Crippen LogP contribution is 2.39. The fourth-order valence-corrected chi connectivity index (χ4v) is 4.12. The van der Waals surface area contributed by atoms with E-state index in [0.29, 0.717) is 11.0 Å². The molecule has 1 aromatic carbocycles. The number of amides is 1. The number of methoxy groups -OCH3 is 2. The molecule has 1 aromatic heterocycles. The monoisotopic (exact) mass is 388 g/mol. The van der Waals surface area contributed by atoms with Crippen LogP contribution in [-0.2, 0) is 4.79 Å². The number of hydrogen-bond donors (Lipinski definition) is 1. The van der Waals surface area contributed by atoms with Crippen molar-refractivity contribution in [2.24, 2.45) is 0 Å². The van der Waals surface area contributed by atoms with Gasteiger partial charge in [0.25, 0.3) is 0 Å². The molecule has 2 aromatic rings. The summed E-state index contributed by atoms with van der Waals surface area (Å²) in [5.41, 5.74) is 7.52. The molecule has 0 radical (unpaired) electrons. The molecule has 2 heterocycles. The number of likely N-dealkylation sites (tertiary alicyclic amines) is 1. The van der Waals surface area contributed by atoms with Gasteiger partial charge in [-0.1, -0.05) is 11.8 Å². The third-order valence-corrected chi connectivity index (χ3v) is 5.38. The van der Waals surface area contributed by atoms with E-state index in [9.17, 15) is 4.79 Å². The van der Waals surface area contributed by atoms with E-state index in [0.717, 1.165) is 42.1 Å². The summed E-state index contributed by atoms with van der Waals surface area (Å²) in [7, 11) is 3.27. The molecular weight excluding hydrogens is 364 g/mol. The Balaban J connectivity index is 1.75. The van der Waals surface area contributed by atoms with Gasteiger partial charge in [-0.3, -0.25) is 4.79 Å². The van der Waals surface area contributed by atoms with Crippen LogP contribution in [0, 0.1) is 6.92 Å². The largest absolute Gasteiger partial charge is 0.497 e. The van der Waals surface area contributed by atoms with Crippen molar-refractivity contribution in [3.8, 4) is 11.5 Å². The zero-order valence-electron chi connectivity index (χ0n) is 15.8. The van der Waals surface area contributed by atoms with Gasteiger partial charge in [-0.15, -0.1) is 0 Å². The van der Waals surface area contributed by atoms with Crippen LogP contribution in [0.4, 0.5) is 5.82 Å². The topological polar surface area (TPSA) is 90.6 Å². The predicted molar refractivity (Wildman–Crippen MR) is 105 cm³/mol. The first-order valence-electron chi connectivity index (χ1n) is 8.77. The minimum Gasteiger partial charge on any atom is -0.497 e. The molecule has 1 atom stereocenters. The van der Waals surface area contributed by atoms with Crippen molar-refractivity contribution in [2.45, 2.75) is 31.0 Å². The number of carbonyl (C=O) groups excluding carboxylic acids is 1. The summed E-state index contributed by atoms with van der Waals surface area (Å²) < 4.78 is 10.9. The number of nitrogen functional groups attached to an aromatic ring is 1. The molecule has 0 aliphatic carbocycles. The van der Waals surface area contributed by atoms with Crippen LogP contribution >= 0.6 is 11.8 Å². The Morgan fingerprint density at radius 1 is 1.30 bits per heavy atom. The minimum atomic E-state index is -0.0216. The maximum Gasteiger partial charge on any atom is 0.233 e. The summed E-state index contributed by atoms with van der Waals surface area (Å²) in [6, 6.07) is 7.38. The number of benzene rings is 1. The number of aryl methyl sites for hydroxylation is 1. The van der Waals surface area contributed by atoms with E-state index < -0.39 is 0 Å². The lowest BCUT2D eigenvalue weighted by Gasteiger charge is -2.26. The molecule has 1 aliphatic heterocycles. The van der Waals surface area contributed by atoms with Crippen LogP contribution in [-0.4, -0.2) is 47.3 Å². The highest BCUT2D eigenvalue weighted by atomic mass is 32.2. The first-order valence-corrected chi connectivity index (χ1v) is 9.75. The van der Waals surface area contributed by atoms with E-state index in [1.165, 1.54) is 11.8 Å². The second kappa shape index (κ2) is 8.47. The highest BCUT2D eigenvalue weighted by Gasteiger charge is 2.32. The number of anilines is 1. The van der Waals surface area contributed by atoms with E-state index in [4.69, 9.17) is 15.2 Å². The fourth-order valence-electron chi connectivity index (χ4n) is 3.33. The number of thioether (sulfide) groups is 1. The lowest BCUT2D eigenvalue weighted by molar-refractivity contribution is -0.129. The predicted octanol–water partition coefficient (Wildman–Crippen LogP) is 2.84. The van der Waals surface area contributed by atoms with Crippen molar-refractivity contribution < 1.29 is 14.3 Å². The summed E-state index contributed by atoms with van der Waals surface area (Å²) in [6.45, 7) is 2.58. The van der Waals surface area contributed by atoms with E-state index >= 15 is 0 Å². The molecule has 0 spiro atoms. The third kappa shape index (κ3) is 4.44. The second-order valence-corrected chi connectivity index (χ2v) is 7.30. The molecule has 3 rings (SSSR count). The van der Waals surface area contributed by atoms with Gasteiger partial charge in [0, 0.05) is 23.9 Å². The lowest BCUT2D eigenvalue weighted by atomic mass is 10.0.